The van der Waals surface area contributed by atoms with E-state index in [0.717, 1.165) is 5.56 Å². The van der Waals surface area contributed by atoms with Gasteiger partial charge >= 0.3 is 0 Å². The highest BCUT2D eigenvalue weighted by atomic mass is 16.2. The highest BCUT2D eigenvalue weighted by molar-refractivity contribution is 6.47. The molecule has 1 aliphatic rings. The zero-order chi connectivity index (χ0) is 20.1. The van der Waals surface area contributed by atoms with Crippen LogP contribution in [0.5, 0.6) is 0 Å². The summed E-state index contributed by atoms with van der Waals surface area (Å²) in [7, 11) is 1.52. The molecule has 2 aromatic rings. The number of carbonyl (C=O) groups is 2. The Morgan fingerprint density at radius 2 is 2.07 bits per heavy atom. The van der Waals surface area contributed by atoms with Gasteiger partial charge in [-0.15, -0.1) is 0 Å². The molecule has 0 aliphatic carbocycles. The minimum atomic E-state index is -0.410. The van der Waals surface area contributed by atoms with Crippen molar-refractivity contribution in [2.24, 2.45) is 10.7 Å². The SMILES string of the molecule is CN=C(C=C(C)N)C(=O)Nc1cc(N2CC(c3ccccc3)CC2=O)ccn1. The van der Waals surface area contributed by atoms with Crippen molar-refractivity contribution in [3.63, 3.8) is 0 Å². The van der Waals surface area contributed by atoms with Crippen LogP contribution in [0.2, 0.25) is 0 Å². The third-order valence-electron chi connectivity index (χ3n) is 4.53. The first-order valence-electron chi connectivity index (χ1n) is 9.01. The van der Waals surface area contributed by atoms with E-state index in [0.29, 0.717) is 30.2 Å². The molecular weight excluding hydrogens is 354 g/mol. The predicted molar refractivity (Wildman–Crippen MR) is 110 cm³/mol. The van der Waals surface area contributed by atoms with Gasteiger partial charge in [0, 0.05) is 49.6 Å². The van der Waals surface area contributed by atoms with Crippen LogP contribution < -0.4 is 16.0 Å². The first-order chi connectivity index (χ1) is 13.5. The molecule has 7 heteroatoms. The van der Waals surface area contributed by atoms with Crippen molar-refractivity contribution >= 4 is 29.0 Å². The average molecular weight is 377 g/mol. The van der Waals surface area contributed by atoms with Crippen molar-refractivity contribution in [2.75, 3.05) is 23.8 Å². The molecule has 0 radical (unpaired) electrons. The lowest BCUT2D eigenvalue weighted by Crippen LogP contribution is -2.25. The lowest BCUT2D eigenvalue weighted by atomic mass is 9.99. The van der Waals surface area contributed by atoms with E-state index >= 15 is 0 Å². The predicted octanol–water partition coefficient (Wildman–Crippen LogP) is 2.47. The highest BCUT2D eigenvalue weighted by Crippen LogP contribution is 2.32. The minimum absolute atomic E-state index is 0.0508. The van der Waals surface area contributed by atoms with Gasteiger partial charge in [-0.05, 0) is 24.6 Å². The number of pyridine rings is 1. The van der Waals surface area contributed by atoms with E-state index in [-0.39, 0.29) is 17.5 Å². The summed E-state index contributed by atoms with van der Waals surface area (Å²) in [4.78, 5) is 34.7. The van der Waals surface area contributed by atoms with E-state index in [1.54, 1.807) is 30.2 Å². The fourth-order valence-electron chi connectivity index (χ4n) is 3.19. The van der Waals surface area contributed by atoms with Crippen molar-refractivity contribution in [3.8, 4) is 0 Å². The highest BCUT2D eigenvalue weighted by Gasteiger charge is 2.31. The Labute approximate surface area is 164 Å². The molecule has 7 nitrogen and oxygen atoms in total. The molecule has 0 saturated carbocycles. The van der Waals surface area contributed by atoms with Gasteiger partial charge in [-0.3, -0.25) is 14.6 Å². The van der Waals surface area contributed by atoms with Crippen LogP contribution in [0.25, 0.3) is 0 Å². The molecule has 1 atom stereocenters. The molecule has 0 bridgehead atoms. The summed E-state index contributed by atoms with van der Waals surface area (Å²) in [5.41, 5.74) is 8.15. The van der Waals surface area contributed by atoms with Crippen LogP contribution in [0.1, 0.15) is 24.8 Å². The summed E-state index contributed by atoms with van der Waals surface area (Å²) in [5.74, 6) is 0.140. The maximum atomic E-state index is 12.5. The molecule has 144 valence electrons. The van der Waals surface area contributed by atoms with Gasteiger partial charge < -0.3 is 16.0 Å². The number of benzene rings is 1. The molecule has 1 aromatic carbocycles. The first-order valence-corrected chi connectivity index (χ1v) is 9.01. The summed E-state index contributed by atoms with van der Waals surface area (Å²) in [6.07, 6.45) is 3.52. The third-order valence-corrected chi connectivity index (χ3v) is 4.53. The summed E-state index contributed by atoms with van der Waals surface area (Å²) in [6, 6.07) is 13.5. The maximum absolute atomic E-state index is 12.5. The molecular formula is C21H23N5O2. The number of nitrogens with zero attached hydrogens (tertiary/aromatic N) is 3. The van der Waals surface area contributed by atoms with Gasteiger partial charge in [0.2, 0.25) is 5.91 Å². The topological polar surface area (TPSA) is 101 Å². The Hall–Kier alpha value is -3.48. The molecule has 1 unspecified atom stereocenters. The van der Waals surface area contributed by atoms with Crippen molar-refractivity contribution in [1.29, 1.82) is 0 Å². The number of aromatic nitrogens is 1. The summed E-state index contributed by atoms with van der Waals surface area (Å²) in [6.45, 7) is 2.27. The quantitative estimate of drug-likeness (QED) is 0.782. The summed E-state index contributed by atoms with van der Waals surface area (Å²) in [5, 5.41) is 2.70. The molecule has 1 saturated heterocycles. The molecule has 28 heavy (non-hydrogen) atoms. The normalized spacial score (nSPS) is 17.7. The Morgan fingerprint density at radius 1 is 1.32 bits per heavy atom. The van der Waals surface area contributed by atoms with Crippen LogP contribution in [-0.4, -0.2) is 36.1 Å². The molecule has 3 rings (SSSR count). The number of aliphatic imine (C=N–C) groups is 1. The number of allylic oxidation sites excluding steroid dienone is 1. The second-order valence-corrected chi connectivity index (χ2v) is 6.67. The Kier molecular flexibility index (Phi) is 5.84. The van der Waals surface area contributed by atoms with Crippen molar-refractivity contribution < 1.29 is 9.59 Å². The summed E-state index contributed by atoms with van der Waals surface area (Å²) < 4.78 is 0. The Balaban J connectivity index is 1.75. The second kappa shape index (κ2) is 8.47. The molecule has 1 aliphatic heterocycles. The van der Waals surface area contributed by atoms with E-state index < -0.39 is 5.91 Å². The molecule has 1 fully saturated rings. The van der Waals surface area contributed by atoms with Crippen LogP contribution in [0, 0.1) is 0 Å². The van der Waals surface area contributed by atoms with E-state index in [2.05, 4.69) is 15.3 Å². The molecule has 2 heterocycles. The van der Waals surface area contributed by atoms with E-state index in [1.165, 1.54) is 13.1 Å². The van der Waals surface area contributed by atoms with Gasteiger partial charge in [-0.2, -0.15) is 0 Å². The van der Waals surface area contributed by atoms with Gasteiger partial charge in [-0.25, -0.2) is 4.98 Å². The van der Waals surface area contributed by atoms with E-state index in [1.807, 2.05) is 30.3 Å². The fourth-order valence-corrected chi connectivity index (χ4v) is 3.19. The van der Waals surface area contributed by atoms with Crippen LogP contribution >= 0.6 is 0 Å². The number of rotatable bonds is 5. The maximum Gasteiger partial charge on any atom is 0.275 e. The monoisotopic (exact) mass is 377 g/mol. The summed E-state index contributed by atoms with van der Waals surface area (Å²) >= 11 is 0. The zero-order valence-corrected chi connectivity index (χ0v) is 15.9. The fraction of sp³-hybridized carbons (Fsp3) is 0.238. The lowest BCUT2D eigenvalue weighted by molar-refractivity contribution is -0.117. The van der Waals surface area contributed by atoms with Gasteiger partial charge in [0.05, 0.1) is 0 Å². The number of hydrogen-bond donors (Lipinski definition) is 2. The molecule has 1 aromatic heterocycles. The second-order valence-electron chi connectivity index (χ2n) is 6.67. The number of nitrogens with one attached hydrogen (secondary N) is 1. The van der Waals surface area contributed by atoms with Gasteiger partial charge in [0.15, 0.2) is 0 Å². The smallest absolute Gasteiger partial charge is 0.275 e. The van der Waals surface area contributed by atoms with Crippen molar-refractivity contribution in [2.45, 2.75) is 19.3 Å². The number of nitrogens with two attached hydrogens (primary N) is 1. The number of amides is 2. The van der Waals surface area contributed by atoms with Gasteiger partial charge in [0.1, 0.15) is 11.5 Å². The Bertz CT molecular complexity index is 933. The number of carbonyl (C=O) groups excluding carboxylic acids is 2. The Morgan fingerprint density at radius 3 is 2.75 bits per heavy atom. The van der Waals surface area contributed by atoms with Gasteiger partial charge in [0.25, 0.3) is 5.91 Å². The number of anilines is 2. The zero-order valence-electron chi connectivity index (χ0n) is 15.9. The third kappa shape index (κ3) is 4.43. The lowest BCUT2D eigenvalue weighted by Gasteiger charge is -2.17. The first kappa shape index (κ1) is 19.3. The largest absolute Gasteiger partial charge is 0.402 e. The molecule has 0 spiro atoms. The standard InChI is InChI=1S/C21H23N5O2/c1-14(22)10-18(23-2)21(28)25-19-12-17(8-9-24-19)26-13-16(11-20(26)27)15-6-4-3-5-7-15/h3-10,12,16H,11,13,22H2,1-2H3,(H,24,25,28). The van der Waals surface area contributed by atoms with Crippen LogP contribution in [-0.2, 0) is 9.59 Å². The van der Waals surface area contributed by atoms with Crippen molar-refractivity contribution in [1.82, 2.24) is 4.98 Å². The van der Waals surface area contributed by atoms with Crippen LogP contribution in [0.3, 0.4) is 0 Å². The van der Waals surface area contributed by atoms with Crippen molar-refractivity contribution in [3.05, 3.63) is 66.0 Å². The molecule has 3 N–H and O–H groups in total. The number of hydrogen-bond acceptors (Lipinski definition) is 5. The molecule has 2 amide bonds. The average Bonchev–Trinajstić information content (AvgIpc) is 3.08. The van der Waals surface area contributed by atoms with E-state index in [9.17, 15) is 9.59 Å². The minimum Gasteiger partial charge on any atom is -0.402 e. The van der Waals surface area contributed by atoms with Gasteiger partial charge in [-0.1, -0.05) is 30.3 Å². The van der Waals surface area contributed by atoms with Crippen LogP contribution in [0.4, 0.5) is 11.5 Å². The van der Waals surface area contributed by atoms with E-state index in [4.69, 9.17) is 5.73 Å². The van der Waals surface area contributed by atoms with Crippen LogP contribution in [0.15, 0.2) is 65.4 Å².